The highest BCUT2D eigenvalue weighted by atomic mass is 32.1. The van der Waals surface area contributed by atoms with Crippen LogP contribution in [0.4, 0.5) is 24.5 Å². The van der Waals surface area contributed by atoms with E-state index in [1.807, 2.05) is 26.8 Å². The van der Waals surface area contributed by atoms with E-state index in [1.165, 1.54) is 0 Å². The lowest BCUT2D eigenvalue weighted by molar-refractivity contribution is -0.274. The van der Waals surface area contributed by atoms with Gasteiger partial charge >= 0.3 is 6.36 Å². The van der Waals surface area contributed by atoms with Gasteiger partial charge in [-0.2, -0.15) is 0 Å². The maximum atomic E-state index is 12.5. The molecular formula is C26H33F3N6O3S. The van der Waals surface area contributed by atoms with Crippen LogP contribution in [0.1, 0.15) is 41.8 Å². The van der Waals surface area contributed by atoms with Crippen molar-refractivity contribution in [2.45, 2.75) is 52.2 Å². The number of nitrogens with one attached hydrogen (secondary N) is 4. The minimum absolute atomic E-state index is 0.0404. The van der Waals surface area contributed by atoms with Crippen LogP contribution in [0, 0.1) is 6.92 Å². The number of carbonyl (C=O) groups is 2. The van der Waals surface area contributed by atoms with E-state index in [4.69, 9.17) is 18.0 Å². The van der Waals surface area contributed by atoms with Crippen LogP contribution in [-0.2, 0) is 11.3 Å². The van der Waals surface area contributed by atoms with Gasteiger partial charge in [0.05, 0.1) is 12.1 Å². The fourth-order valence-electron chi connectivity index (χ4n) is 4.14. The van der Waals surface area contributed by atoms with Crippen LogP contribution >= 0.6 is 12.2 Å². The highest BCUT2D eigenvalue weighted by Crippen LogP contribution is 2.26. The first-order valence-corrected chi connectivity index (χ1v) is 12.8. The Hall–Kier alpha value is -3.58. The molecule has 1 heterocycles. The van der Waals surface area contributed by atoms with Crippen LogP contribution in [0.25, 0.3) is 0 Å². The number of hydrogen-bond acceptors (Lipinski definition) is 6. The lowest BCUT2D eigenvalue weighted by Crippen LogP contribution is -2.43. The molecule has 1 fully saturated rings. The Kier molecular flexibility index (Phi) is 9.97. The summed E-state index contributed by atoms with van der Waals surface area (Å²) in [6.07, 6.45) is -4.17. The summed E-state index contributed by atoms with van der Waals surface area (Å²) in [5, 5.41) is 12.2. The first kappa shape index (κ1) is 30.0. The van der Waals surface area contributed by atoms with Crippen molar-refractivity contribution in [1.82, 2.24) is 20.9 Å². The summed E-state index contributed by atoms with van der Waals surface area (Å²) in [4.78, 5) is 27.1. The predicted molar refractivity (Wildman–Crippen MR) is 147 cm³/mol. The maximum absolute atomic E-state index is 12.5. The van der Waals surface area contributed by atoms with Crippen molar-refractivity contribution in [3.63, 3.8) is 0 Å². The Morgan fingerprint density at radius 1 is 1.21 bits per heavy atom. The topological polar surface area (TPSA) is 121 Å². The third kappa shape index (κ3) is 9.59. The summed E-state index contributed by atoms with van der Waals surface area (Å²) < 4.78 is 41.2. The molecule has 3 rings (SSSR count). The molecule has 1 saturated heterocycles. The number of thiocarbonyl (C=S) groups is 1. The van der Waals surface area contributed by atoms with Gasteiger partial charge in [0.25, 0.3) is 5.91 Å². The molecule has 0 radical (unpaired) electrons. The van der Waals surface area contributed by atoms with E-state index in [0.717, 1.165) is 48.0 Å². The molecule has 0 unspecified atom stereocenters. The SMILES string of the molecule is Cc1ccc(CN2CC[C@@H](NC(=O)CNC(=O)c3cc(OC(F)(F)F)ccc3N)C2)cc1NC(=S)NC(C)C. The van der Waals surface area contributed by atoms with Gasteiger partial charge in [-0.25, -0.2) is 0 Å². The molecule has 9 nitrogen and oxygen atoms in total. The van der Waals surface area contributed by atoms with Gasteiger partial charge in [-0.1, -0.05) is 12.1 Å². The van der Waals surface area contributed by atoms with E-state index in [0.29, 0.717) is 18.2 Å². The number of hydrogen-bond donors (Lipinski definition) is 5. The number of likely N-dealkylation sites (tertiary alicyclic amines) is 1. The molecule has 0 bridgehead atoms. The van der Waals surface area contributed by atoms with E-state index < -0.39 is 23.9 Å². The average Bonchev–Trinajstić information content (AvgIpc) is 3.26. The predicted octanol–water partition coefficient (Wildman–Crippen LogP) is 3.29. The number of nitrogens with two attached hydrogens (primary N) is 1. The molecule has 39 heavy (non-hydrogen) atoms. The molecular weight excluding hydrogens is 533 g/mol. The van der Waals surface area contributed by atoms with Crippen LogP contribution < -0.4 is 31.7 Å². The summed E-state index contributed by atoms with van der Waals surface area (Å²) >= 11 is 5.36. The van der Waals surface area contributed by atoms with E-state index >= 15 is 0 Å². The standard InChI is InChI=1S/C26H33F3N6O3S/c1-15(2)32-25(39)34-22-10-17(5-4-16(22)3)13-35-9-8-18(14-35)33-23(36)12-31-24(37)20-11-19(6-7-21(20)30)38-26(27,28)29/h4-7,10-11,15,18H,8-9,12-14,30H2,1-3H3,(H,31,37)(H,33,36)(H2,32,34,39)/t18-/m1/s1. The third-order valence-electron chi connectivity index (χ3n) is 5.93. The summed E-state index contributed by atoms with van der Waals surface area (Å²) in [7, 11) is 0. The third-order valence-corrected chi connectivity index (χ3v) is 6.15. The summed E-state index contributed by atoms with van der Waals surface area (Å²) in [6, 6.07) is 9.29. The number of rotatable bonds is 9. The van der Waals surface area contributed by atoms with Gasteiger partial charge in [0.2, 0.25) is 5.91 Å². The van der Waals surface area contributed by atoms with Crippen molar-refractivity contribution in [3.05, 3.63) is 53.1 Å². The van der Waals surface area contributed by atoms with E-state index in [1.54, 1.807) is 0 Å². The van der Waals surface area contributed by atoms with E-state index in [9.17, 15) is 22.8 Å². The number of aryl methyl sites for hydroxylation is 1. The molecule has 13 heteroatoms. The fraction of sp³-hybridized carbons (Fsp3) is 0.423. The van der Waals surface area contributed by atoms with Crippen LogP contribution in [0.5, 0.6) is 5.75 Å². The zero-order chi connectivity index (χ0) is 28.7. The number of ether oxygens (including phenoxy) is 1. The van der Waals surface area contributed by atoms with Gasteiger partial charge in [-0.05, 0) is 74.8 Å². The molecule has 1 aliphatic heterocycles. The Labute approximate surface area is 230 Å². The minimum atomic E-state index is -4.91. The first-order chi connectivity index (χ1) is 18.3. The molecule has 0 aromatic heterocycles. The van der Waals surface area contributed by atoms with Gasteiger partial charge in [0.1, 0.15) is 5.75 Å². The number of alkyl halides is 3. The van der Waals surface area contributed by atoms with Crippen molar-refractivity contribution < 1.29 is 27.5 Å². The van der Waals surface area contributed by atoms with E-state index in [-0.39, 0.29) is 29.9 Å². The lowest BCUT2D eigenvalue weighted by atomic mass is 10.1. The second kappa shape index (κ2) is 13.0. The van der Waals surface area contributed by atoms with Crippen molar-refractivity contribution >= 4 is 40.5 Å². The zero-order valence-corrected chi connectivity index (χ0v) is 22.8. The fourth-order valence-corrected chi connectivity index (χ4v) is 4.48. The van der Waals surface area contributed by atoms with Gasteiger partial charge < -0.3 is 31.7 Å². The first-order valence-electron chi connectivity index (χ1n) is 12.4. The molecule has 2 amide bonds. The largest absolute Gasteiger partial charge is 0.573 e. The van der Waals surface area contributed by atoms with Gasteiger partial charge in [-0.3, -0.25) is 14.5 Å². The Morgan fingerprint density at radius 3 is 2.64 bits per heavy atom. The van der Waals surface area contributed by atoms with Crippen LogP contribution in [0.2, 0.25) is 0 Å². The highest BCUT2D eigenvalue weighted by Gasteiger charge is 2.31. The summed E-state index contributed by atoms with van der Waals surface area (Å²) in [5.74, 6) is -1.77. The molecule has 0 spiro atoms. The number of anilines is 2. The Bertz CT molecular complexity index is 1210. The van der Waals surface area contributed by atoms with Gasteiger partial charge in [0.15, 0.2) is 5.11 Å². The number of nitrogen functional groups attached to an aromatic ring is 1. The number of nitrogens with zero attached hydrogens (tertiary/aromatic N) is 1. The van der Waals surface area contributed by atoms with Crippen LogP contribution in [0.3, 0.4) is 0 Å². The van der Waals surface area contributed by atoms with Crippen molar-refractivity contribution in [2.24, 2.45) is 0 Å². The van der Waals surface area contributed by atoms with Crippen molar-refractivity contribution in [2.75, 3.05) is 30.7 Å². The summed E-state index contributed by atoms with van der Waals surface area (Å²) in [6.45, 7) is 7.79. The molecule has 6 N–H and O–H groups in total. The van der Waals surface area contributed by atoms with Crippen molar-refractivity contribution in [1.29, 1.82) is 0 Å². The lowest BCUT2D eigenvalue weighted by Gasteiger charge is -2.19. The molecule has 0 saturated carbocycles. The number of carbonyl (C=O) groups excluding carboxylic acids is 2. The monoisotopic (exact) mass is 566 g/mol. The molecule has 2 aromatic rings. The maximum Gasteiger partial charge on any atom is 0.573 e. The number of benzene rings is 2. The zero-order valence-electron chi connectivity index (χ0n) is 21.9. The Morgan fingerprint density at radius 2 is 1.95 bits per heavy atom. The molecule has 212 valence electrons. The second-order valence-electron chi connectivity index (χ2n) is 9.67. The molecule has 1 atom stereocenters. The number of amides is 2. The quantitative estimate of drug-likeness (QED) is 0.232. The number of halogens is 3. The normalized spacial score (nSPS) is 15.6. The summed E-state index contributed by atoms with van der Waals surface area (Å²) in [5.41, 5.74) is 8.56. The van der Waals surface area contributed by atoms with Crippen LogP contribution in [0.15, 0.2) is 36.4 Å². The van der Waals surface area contributed by atoms with Crippen molar-refractivity contribution in [3.8, 4) is 5.75 Å². The smallest absolute Gasteiger partial charge is 0.406 e. The molecule has 0 aliphatic carbocycles. The van der Waals surface area contributed by atoms with Gasteiger partial charge in [0, 0.05) is 43.1 Å². The minimum Gasteiger partial charge on any atom is -0.406 e. The Balaban J connectivity index is 1.48. The molecule has 1 aliphatic rings. The van der Waals surface area contributed by atoms with Crippen LogP contribution in [-0.4, -0.2) is 59.9 Å². The van der Waals surface area contributed by atoms with Gasteiger partial charge in [-0.15, -0.1) is 13.2 Å². The highest BCUT2D eigenvalue weighted by molar-refractivity contribution is 7.80. The second-order valence-corrected chi connectivity index (χ2v) is 10.1. The molecule has 2 aromatic carbocycles. The average molecular weight is 567 g/mol. The van der Waals surface area contributed by atoms with E-state index in [2.05, 4.69) is 43.0 Å².